The van der Waals surface area contributed by atoms with Gasteiger partial charge in [0.15, 0.2) is 0 Å². The fourth-order valence-corrected chi connectivity index (χ4v) is 2.44. The molecule has 2 atom stereocenters. The summed E-state index contributed by atoms with van der Waals surface area (Å²) in [6.45, 7) is 2.49. The Morgan fingerprint density at radius 1 is 1.69 bits per heavy atom. The number of nitrogens with one attached hydrogen (secondary N) is 2. The maximum Gasteiger partial charge on any atom is 0.0522 e. The van der Waals surface area contributed by atoms with Crippen LogP contribution in [0.25, 0.3) is 0 Å². The van der Waals surface area contributed by atoms with Gasteiger partial charge < -0.3 is 10.4 Å². The van der Waals surface area contributed by atoms with Crippen molar-refractivity contribution in [3.8, 4) is 0 Å². The number of aromatic nitrogens is 2. The quantitative estimate of drug-likeness (QED) is 0.698. The fraction of sp³-hybridized carbons (Fsp3) is 0.750. The molecule has 0 saturated carbocycles. The summed E-state index contributed by atoms with van der Waals surface area (Å²) in [5.74, 6) is 0. The molecule has 0 saturated heterocycles. The molecule has 16 heavy (non-hydrogen) atoms. The van der Waals surface area contributed by atoms with Gasteiger partial charge in [-0.3, -0.25) is 5.10 Å². The highest BCUT2D eigenvalue weighted by atomic mass is 16.2. The van der Waals surface area contributed by atoms with Crippen molar-refractivity contribution < 1.29 is 5.11 Å². The lowest BCUT2D eigenvalue weighted by atomic mass is 9.93. The first-order chi connectivity index (χ1) is 7.79. The van der Waals surface area contributed by atoms with Crippen LogP contribution in [0.2, 0.25) is 0 Å². The van der Waals surface area contributed by atoms with Crippen LogP contribution in [0.3, 0.4) is 0 Å². The summed E-state index contributed by atoms with van der Waals surface area (Å²) >= 11 is 0. The Morgan fingerprint density at radius 3 is 3.38 bits per heavy atom. The maximum atomic E-state index is 8.78. The van der Waals surface area contributed by atoms with E-state index in [-0.39, 0.29) is 0 Å². The smallest absolute Gasteiger partial charge is 0.0522 e. The van der Waals surface area contributed by atoms with E-state index in [1.54, 1.807) is 0 Å². The van der Waals surface area contributed by atoms with Crippen molar-refractivity contribution in [1.82, 2.24) is 15.5 Å². The van der Waals surface area contributed by atoms with Gasteiger partial charge in [-0.1, -0.05) is 0 Å². The minimum Gasteiger partial charge on any atom is -0.396 e. The molecular weight excluding hydrogens is 202 g/mol. The molecule has 0 radical (unpaired) electrons. The van der Waals surface area contributed by atoms with Crippen LogP contribution in [0, 0.1) is 0 Å². The molecule has 4 nitrogen and oxygen atoms in total. The van der Waals surface area contributed by atoms with E-state index in [1.165, 1.54) is 17.7 Å². The number of aliphatic hydroxyl groups is 1. The first kappa shape index (κ1) is 11.6. The van der Waals surface area contributed by atoms with E-state index in [1.807, 2.05) is 6.20 Å². The van der Waals surface area contributed by atoms with Gasteiger partial charge in [-0.15, -0.1) is 0 Å². The molecule has 2 rings (SSSR count). The summed E-state index contributed by atoms with van der Waals surface area (Å²) in [5, 5.41) is 19.6. The van der Waals surface area contributed by atoms with Crippen molar-refractivity contribution >= 4 is 0 Å². The van der Waals surface area contributed by atoms with Crippen molar-refractivity contribution in [3.63, 3.8) is 0 Å². The molecule has 1 aromatic heterocycles. The van der Waals surface area contributed by atoms with Crippen molar-refractivity contribution in [3.05, 3.63) is 17.5 Å². The summed E-state index contributed by atoms with van der Waals surface area (Å²) in [5.41, 5.74) is 2.67. The summed E-state index contributed by atoms with van der Waals surface area (Å²) < 4.78 is 0. The summed E-state index contributed by atoms with van der Waals surface area (Å²) in [4.78, 5) is 0. The van der Waals surface area contributed by atoms with Gasteiger partial charge >= 0.3 is 0 Å². The lowest BCUT2D eigenvalue weighted by molar-refractivity contribution is 0.272. The first-order valence-electron chi connectivity index (χ1n) is 6.17. The molecule has 0 fully saturated rings. The SMILES string of the molecule is CC(CCCO)NC1CCc2[nH]ncc2C1. The molecule has 0 aromatic carbocycles. The Bertz CT molecular complexity index is 324. The predicted octanol–water partition coefficient (Wildman–Crippen LogP) is 1.02. The second-order valence-electron chi connectivity index (χ2n) is 4.75. The minimum absolute atomic E-state index is 0.294. The summed E-state index contributed by atoms with van der Waals surface area (Å²) in [6, 6.07) is 1.06. The van der Waals surface area contributed by atoms with Crippen LogP contribution < -0.4 is 5.32 Å². The molecule has 1 heterocycles. The van der Waals surface area contributed by atoms with Gasteiger partial charge in [0.25, 0.3) is 0 Å². The molecule has 0 aliphatic heterocycles. The van der Waals surface area contributed by atoms with Gasteiger partial charge in [0.05, 0.1) is 6.20 Å². The first-order valence-corrected chi connectivity index (χ1v) is 6.17. The Balaban J connectivity index is 1.80. The van der Waals surface area contributed by atoms with Crippen molar-refractivity contribution in [2.45, 2.75) is 51.1 Å². The molecule has 4 heteroatoms. The van der Waals surface area contributed by atoms with E-state index in [9.17, 15) is 0 Å². The number of hydrogen-bond acceptors (Lipinski definition) is 3. The Morgan fingerprint density at radius 2 is 2.56 bits per heavy atom. The molecule has 1 aliphatic rings. The molecule has 2 unspecified atom stereocenters. The topological polar surface area (TPSA) is 60.9 Å². The standard InChI is InChI=1S/C12H21N3O/c1-9(3-2-6-16)14-11-4-5-12-10(7-11)8-13-15-12/h8-9,11,14,16H,2-7H2,1H3,(H,13,15). The number of rotatable bonds is 5. The number of H-pyrrole nitrogens is 1. The molecule has 1 aromatic rings. The predicted molar refractivity (Wildman–Crippen MR) is 63.3 cm³/mol. The van der Waals surface area contributed by atoms with Crippen LogP contribution >= 0.6 is 0 Å². The van der Waals surface area contributed by atoms with E-state index in [0.717, 1.165) is 25.7 Å². The third kappa shape index (κ3) is 2.83. The molecule has 1 aliphatic carbocycles. The zero-order valence-corrected chi connectivity index (χ0v) is 9.87. The van der Waals surface area contributed by atoms with Gasteiger partial charge in [-0.2, -0.15) is 5.10 Å². The van der Waals surface area contributed by atoms with Crippen LogP contribution in [0.1, 0.15) is 37.4 Å². The third-order valence-electron chi connectivity index (χ3n) is 3.33. The highest BCUT2D eigenvalue weighted by Crippen LogP contribution is 2.19. The summed E-state index contributed by atoms with van der Waals surface area (Å²) in [7, 11) is 0. The molecule has 90 valence electrons. The highest BCUT2D eigenvalue weighted by molar-refractivity contribution is 5.21. The van der Waals surface area contributed by atoms with Crippen molar-refractivity contribution in [2.24, 2.45) is 0 Å². The van der Waals surface area contributed by atoms with Gasteiger partial charge in [-0.25, -0.2) is 0 Å². The average Bonchev–Trinajstić information content (AvgIpc) is 2.73. The molecule has 0 spiro atoms. The normalized spacial score (nSPS) is 21.8. The Labute approximate surface area is 96.5 Å². The van der Waals surface area contributed by atoms with Crippen LogP contribution in [0.4, 0.5) is 0 Å². The Hall–Kier alpha value is -0.870. The van der Waals surface area contributed by atoms with Gasteiger partial charge in [-0.05, 0) is 44.6 Å². The minimum atomic E-state index is 0.294. The second-order valence-corrected chi connectivity index (χ2v) is 4.75. The molecule has 3 N–H and O–H groups in total. The zero-order chi connectivity index (χ0) is 11.4. The van der Waals surface area contributed by atoms with Crippen molar-refractivity contribution in [1.29, 1.82) is 0 Å². The number of aromatic amines is 1. The van der Waals surface area contributed by atoms with Crippen LogP contribution in [0.5, 0.6) is 0 Å². The monoisotopic (exact) mass is 223 g/mol. The number of nitrogens with zero attached hydrogens (tertiary/aromatic N) is 1. The zero-order valence-electron chi connectivity index (χ0n) is 9.87. The lowest BCUT2D eigenvalue weighted by Gasteiger charge is -2.26. The number of fused-ring (bicyclic) bond motifs is 1. The van der Waals surface area contributed by atoms with E-state index in [4.69, 9.17) is 5.11 Å². The highest BCUT2D eigenvalue weighted by Gasteiger charge is 2.20. The van der Waals surface area contributed by atoms with Gasteiger partial charge in [0, 0.05) is 24.4 Å². The van der Waals surface area contributed by atoms with Gasteiger partial charge in [0.2, 0.25) is 0 Å². The van der Waals surface area contributed by atoms with Crippen LogP contribution in [-0.4, -0.2) is 34.0 Å². The summed E-state index contributed by atoms with van der Waals surface area (Å²) in [6.07, 6.45) is 7.23. The number of aliphatic hydroxyl groups excluding tert-OH is 1. The van der Waals surface area contributed by atoms with E-state index < -0.39 is 0 Å². The molecular formula is C12H21N3O. The Kier molecular flexibility index (Phi) is 3.96. The van der Waals surface area contributed by atoms with Crippen LogP contribution in [-0.2, 0) is 12.8 Å². The average molecular weight is 223 g/mol. The van der Waals surface area contributed by atoms with Crippen LogP contribution in [0.15, 0.2) is 6.20 Å². The van der Waals surface area contributed by atoms with E-state index in [0.29, 0.717) is 18.7 Å². The lowest BCUT2D eigenvalue weighted by Crippen LogP contribution is -2.40. The molecule has 0 amide bonds. The fourth-order valence-electron chi connectivity index (χ4n) is 2.44. The maximum absolute atomic E-state index is 8.78. The largest absolute Gasteiger partial charge is 0.396 e. The van der Waals surface area contributed by atoms with E-state index >= 15 is 0 Å². The van der Waals surface area contributed by atoms with E-state index in [2.05, 4.69) is 22.4 Å². The third-order valence-corrected chi connectivity index (χ3v) is 3.33. The van der Waals surface area contributed by atoms with Crippen molar-refractivity contribution in [2.75, 3.05) is 6.61 Å². The second kappa shape index (κ2) is 5.46. The molecule has 0 bridgehead atoms. The van der Waals surface area contributed by atoms with Gasteiger partial charge in [0.1, 0.15) is 0 Å². The number of aryl methyl sites for hydroxylation is 1. The number of hydrogen-bond donors (Lipinski definition) is 3.